The lowest BCUT2D eigenvalue weighted by atomic mass is 9.79. The van der Waals surface area contributed by atoms with Gasteiger partial charge in [-0.25, -0.2) is 8.78 Å². The molecule has 3 aromatic rings. The van der Waals surface area contributed by atoms with Crippen molar-refractivity contribution in [1.82, 2.24) is 9.88 Å². The number of carboxylic acids is 1. The zero-order valence-electron chi connectivity index (χ0n) is 21.1. The lowest BCUT2D eigenvalue weighted by Crippen LogP contribution is -2.42. The number of aliphatic carboxylic acids is 1. The summed E-state index contributed by atoms with van der Waals surface area (Å²) in [6.45, 7) is 2.08. The van der Waals surface area contributed by atoms with Crippen molar-refractivity contribution in [2.24, 2.45) is 11.8 Å². The second kappa shape index (κ2) is 12.4. The van der Waals surface area contributed by atoms with E-state index < -0.39 is 23.7 Å². The van der Waals surface area contributed by atoms with Gasteiger partial charge in [-0.15, -0.1) is 0 Å². The van der Waals surface area contributed by atoms with Gasteiger partial charge in [0.05, 0.1) is 18.7 Å². The number of aliphatic hydroxyl groups excluding tert-OH is 1. The first kappa shape index (κ1) is 26.9. The molecule has 0 radical (unpaired) electrons. The zero-order chi connectivity index (χ0) is 26.4. The Kier molecular flexibility index (Phi) is 9.05. The van der Waals surface area contributed by atoms with Crippen LogP contribution >= 0.6 is 0 Å². The van der Waals surface area contributed by atoms with Crippen molar-refractivity contribution in [3.8, 4) is 5.75 Å². The minimum absolute atomic E-state index is 0.0436. The standard InChI is InChI=1S/C29H34F2N2O4/c1-37-21-8-9-27-24(17-21)22(11-13-32-27)28(34)10-7-19-12-15-33(18-20(19)16-29(35)36)14-3-4-23-25(30)5-2-6-26(23)31/h2,5-6,8-9,11,13,17,19-20,28,34H,3-4,7,10,12,14-16,18H2,1H3,(H,35,36)/t19-,20+,28-/m1/s1. The van der Waals surface area contributed by atoms with Crippen LogP contribution in [-0.2, 0) is 11.2 Å². The fourth-order valence-electron chi connectivity index (χ4n) is 5.54. The summed E-state index contributed by atoms with van der Waals surface area (Å²) in [5.74, 6) is -1.06. The van der Waals surface area contributed by atoms with Crippen molar-refractivity contribution in [3.63, 3.8) is 0 Å². The number of carbonyl (C=O) groups is 1. The summed E-state index contributed by atoms with van der Waals surface area (Å²) in [6, 6.07) is 11.3. The third-order valence-electron chi connectivity index (χ3n) is 7.53. The number of piperidine rings is 1. The Labute approximate surface area is 215 Å². The van der Waals surface area contributed by atoms with Crippen molar-refractivity contribution in [1.29, 1.82) is 0 Å². The molecule has 3 atom stereocenters. The van der Waals surface area contributed by atoms with E-state index in [9.17, 15) is 23.8 Å². The largest absolute Gasteiger partial charge is 0.497 e. The van der Waals surface area contributed by atoms with Crippen molar-refractivity contribution in [3.05, 3.63) is 71.4 Å². The Morgan fingerprint density at radius 1 is 1.19 bits per heavy atom. The van der Waals surface area contributed by atoms with E-state index >= 15 is 0 Å². The third kappa shape index (κ3) is 6.81. The summed E-state index contributed by atoms with van der Waals surface area (Å²) in [6.07, 6.45) is 4.00. The summed E-state index contributed by atoms with van der Waals surface area (Å²) < 4.78 is 33.2. The molecule has 0 bridgehead atoms. The summed E-state index contributed by atoms with van der Waals surface area (Å²) in [7, 11) is 1.60. The van der Waals surface area contributed by atoms with E-state index in [4.69, 9.17) is 4.74 Å². The molecule has 1 aliphatic rings. The number of nitrogens with zero attached hydrogens (tertiary/aromatic N) is 2. The smallest absolute Gasteiger partial charge is 0.303 e. The van der Waals surface area contributed by atoms with Gasteiger partial charge in [-0.05, 0) is 99.0 Å². The van der Waals surface area contributed by atoms with E-state index in [0.29, 0.717) is 44.5 Å². The maximum atomic E-state index is 13.9. The normalized spacial score (nSPS) is 19.1. The number of benzene rings is 2. The highest BCUT2D eigenvalue weighted by atomic mass is 19.1. The molecule has 1 fully saturated rings. The molecule has 8 heteroatoms. The number of likely N-dealkylation sites (tertiary alicyclic amines) is 1. The van der Waals surface area contributed by atoms with Gasteiger partial charge in [-0.2, -0.15) is 0 Å². The predicted molar refractivity (Wildman–Crippen MR) is 137 cm³/mol. The third-order valence-corrected chi connectivity index (χ3v) is 7.53. The van der Waals surface area contributed by atoms with Crippen LogP contribution in [0.5, 0.6) is 5.75 Å². The molecule has 0 unspecified atom stereocenters. The van der Waals surface area contributed by atoms with Gasteiger partial charge < -0.3 is 19.8 Å². The highest BCUT2D eigenvalue weighted by Gasteiger charge is 2.31. The minimum atomic E-state index is -0.835. The number of methoxy groups -OCH3 is 1. The number of aromatic nitrogens is 1. The molecule has 0 saturated carbocycles. The van der Waals surface area contributed by atoms with Gasteiger partial charge in [0.1, 0.15) is 17.4 Å². The molecule has 2 aromatic carbocycles. The zero-order valence-corrected chi connectivity index (χ0v) is 21.1. The van der Waals surface area contributed by atoms with Crippen LogP contribution in [0.4, 0.5) is 8.78 Å². The predicted octanol–water partition coefficient (Wildman–Crippen LogP) is 5.38. The average Bonchev–Trinajstić information content (AvgIpc) is 2.88. The van der Waals surface area contributed by atoms with Crippen LogP contribution in [0.15, 0.2) is 48.7 Å². The molecule has 198 valence electrons. The van der Waals surface area contributed by atoms with Gasteiger partial charge in [0.2, 0.25) is 0 Å². The summed E-state index contributed by atoms with van der Waals surface area (Å²) in [5, 5.41) is 21.4. The van der Waals surface area contributed by atoms with Gasteiger partial charge in [0.25, 0.3) is 0 Å². The van der Waals surface area contributed by atoms with Gasteiger partial charge >= 0.3 is 5.97 Å². The Morgan fingerprint density at radius 2 is 1.97 bits per heavy atom. The number of halogens is 2. The molecule has 4 rings (SSSR count). The number of rotatable bonds is 11. The molecule has 2 heterocycles. The summed E-state index contributed by atoms with van der Waals surface area (Å²) in [4.78, 5) is 18.2. The molecule has 6 nitrogen and oxygen atoms in total. The second-order valence-corrected chi connectivity index (χ2v) is 9.89. The number of pyridine rings is 1. The molecule has 2 N–H and O–H groups in total. The summed E-state index contributed by atoms with van der Waals surface area (Å²) in [5.41, 5.74) is 1.68. The number of fused-ring (bicyclic) bond motifs is 1. The number of ether oxygens (including phenoxy) is 1. The van der Waals surface area contributed by atoms with E-state index in [1.54, 1.807) is 13.3 Å². The van der Waals surface area contributed by atoms with Gasteiger partial charge in [-0.3, -0.25) is 9.78 Å². The highest BCUT2D eigenvalue weighted by Crippen LogP contribution is 2.35. The van der Waals surface area contributed by atoms with Crippen molar-refractivity contribution >= 4 is 16.9 Å². The second-order valence-electron chi connectivity index (χ2n) is 9.89. The Bertz CT molecular complexity index is 1200. The maximum absolute atomic E-state index is 13.9. The minimum Gasteiger partial charge on any atom is -0.497 e. The topological polar surface area (TPSA) is 82.9 Å². The number of aliphatic hydroxyl groups is 1. The molecule has 0 amide bonds. The van der Waals surface area contributed by atoms with E-state index in [0.717, 1.165) is 29.4 Å². The van der Waals surface area contributed by atoms with E-state index in [2.05, 4.69) is 9.88 Å². The van der Waals surface area contributed by atoms with Crippen LogP contribution < -0.4 is 4.74 Å². The van der Waals surface area contributed by atoms with Crippen LogP contribution in [0.1, 0.15) is 49.3 Å². The lowest BCUT2D eigenvalue weighted by Gasteiger charge is -2.38. The van der Waals surface area contributed by atoms with Crippen LogP contribution in [-0.4, -0.2) is 52.8 Å². The maximum Gasteiger partial charge on any atom is 0.303 e. The molecule has 1 saturated heterocycles. The Balaban J connectivity index is 1.35. The van der Waals surface area contributed by atoms with Gasteiger partial charge in [-0.1, -0.05) is 6.07 Å². The molecular formula is C29H34F2N2O4. The van der Waals surface area contributed by atoms with Crippen molar-refractivity contribution < 1.29 is 28.5 Å². The fourth-order valence-corrected chi connectivity index (χ4v) is 5.54. The number of hydrogen-bond donors (Lipinski definition) is 2. The van der Waals surface area contributed by atoms with E-state index in [1.165, 1.54) is 18.2 Å². The van der Waals surface area contributed by atoms with Gasteiger partial charge in [0.15, 0.2) is 0 Å². The SMILES string of the molecule is COc1ccc2nccc([C@H](O)CC[C@@H]3CCN(CCCc4c(F)cccc4F)C[C@@H]3CC(=O)O)c2c1. The van der Waals surface area contributed by atoms with E-state index in [-0.39, 0.29) is 23.8 Å². The first-order valence-electron chi connectivity index (χ1n) is 12.8. The van der Waals surface area contributed by atoms with Crippen LogP contribution in [0.3, 0.4) is 0 Å². The van der Waals surface area contributed by atoms with Crippen LogP contribution in [0, 0.1) is 23.5 Å². The summed E-state index contributed by atoms with van der Waals surface area (Å²) >= 11 is 0. The molecule has 1 aliphatic heterocycles. The highest BCUT2D eigenvalue weighted by molar-refractivity contribution is 5.83. The number of carboxylic acid groups (broad SMARTS) is 1. The Morgan fingerprint density at radius 3 is 2.70 bits per heavy atom. The van der Waals surface area contributed by atoms with Gasteiger partial charge in [0, 0.05) is 30.1 Å². The first-order valence-corrected chi connectivity index (χ1v) is 12.8. The fraction of sp³-hybridized carbons (Fsp3) is 0.448. The van der Waals surface area contributed by atoms with Crippen LogP contribution in [0.2, 0.25) is 0 Å². The molecule has 1 aromatic heterocycles. The van der Waals surface area contributed by atoms with Crippen molar-refractivity contribution in [2.75, 3.05) is 26.7 Å². The number of hydrogen-bond acceptors (Lipinski definition) is 5. The quantitative estimate of drug-likeness (QED) is 0.359. The molecular weight excluding hydrogens is 478 g/mol. The molecule has 0 spiro atoms. The first-order chi connectivity index (χ1) is 17.9. The van der Waals surface area contributed by atoms with Crippen molar-refractivity contribution in [2.45, 2.75) is 44.6 Å². The average molecular weight is 513 g/mol. The van der Waals surface area contributed by atoms with E-state index in [1.807, 2.05) is 24.3 Å². The molecule has 37 heavy (non-hydrogen) atoms. The Hall–Kier alpha value is -3.10. The lowest BCUT2D eigenvalue weighted by molar-refractivity contribution is -0.139. The molecule has 0 aliphatic carbocycles. The monoisotopic (exact) mass is 512 g/mol. The van der Waals surface area contributed by atoms with Crippen LogP contribution in [0.25, 0.3) is 10.9 Å².